The van der Waals surface area contributed by atoms with E-state index in [4.69, 9.17) is 14.8 Å². The Balaban J connectivity index is 1.51. The molecular formula is C25H34N6O2. The molecule has 1 atom stereocenters. The predicted octanol–water partition coefficient (Wildman–Crippen LogP) is 3.75. The zero-order valence-electron chi connectivity index (χ0n) is 20.1. The Bertz CT molecular complexity index is 1210. The SMILES string of the molecule is COc1cc(N2CC[C@H](N(C)C)C2)ccc1-c1nc2c(C)nn(C3CCCCC3)c2c(=O)[nH]1. The van der Waals surface area contributed by atoms with Gasteiger partial charge in [0.15, 0.2) is 5.52 Å². The number of aryl methyl sites for hydroxylation is 1. The molecule has 1 saturated carbocycles. The summed E-state index contributed by atoms with van der Waals surface area (Å²) in [7, 11) is 5.93. The molecule has 1 N–H and O–H groups in total. The first-order chi connectivity index (χ1) is 16.0. The second kappa shape index (κ2) is 8.82. The number of aromatic nitrogens is 4. The van der Waals surface area contributed by atoms with Gasteiger partial charge in [0.05, 0.1) is 24.4 Å². The third-order valence-corrected chi connectivity index (χ3v) is 7.34. The van der Waals surface area contributed by atoms with Crippen LogP contribution in [0.2, 0.25) is 0 Å². The number of ether oxygens (including phenoxy) is 1. The Hall–Kier alpha value is -2.87. The quantitative estimate of drug-likeness (QED) is 0.638. The molecular weight excluding hydrogens is 416 g/mol. The van der Waals surface area contributed by atoms with Gasteiger partial charge in [0.25, 0.3) is 5.56 Å². The van der Waals surface area contributed by atoms with Gasteiger partial charge in [0, 0.05) is 30.9 Å². The van der Waals surface area contributed by atoms with Crippen LogP contribution in [0.1, 0.15) is 50.3 Å². The topological polar surface area (TPSA) is 79.3 Å². The van der Waals surface area contributed by atoms with E-state index in [0.717, 1.165) is 49.3 Å². The van der Waals surface area contributed by atoms with Gasteiger partial charge in [-0.25, -0.2) is 4.98 Å². The second-order valence-electron chi connectivity index (χ2n) is 9.67. The van der Waals surface area contributed by atoms with Crippen molar-refractivity contribution in [1.29, 1.82) is 0 Å². The standard InChI is InChI=1S/C25H34N6O2/c1-16-22-23(31(28-16)17-8-6-5-7-9-17)25(32)27-24(26-22)20-11-10-18(14-21(20)33-4)30-13-12-19(15-30)29(2)3/h10-11,14,17,19H,5-9,12-13,15H2,1-4H3,(H,26,27,32)/t19-/m0/s1. The highest BCUT2D eigenvalue weighted by atomic mass is 16.5. The lowest BCUT2D eigenvalue weighted by atomic mass is 9.95. The van der Waals surface area contributed by atoms with E-state index in [-0.39, 0.29) is 11.6 Å². The number of H-pyrrole nitrogens is 1. The van der Waals surface area contributed by atoms with Crippen molar-refractivity contribution in [2.75, 3.05) is 39.2 Å². The highest BCUT2D eigenvalue weighted by Crippen LogP contribution is 2.35. The van der Waals surface area contributed by atoms with Crippen LogP contribution in [-0.2, 0) is 0 Å². The van der Waals surface area contributed by atoms with Crippen LogP contribution in [0, 0.1) is 6.92 Å². The number of hydrogen-bond acceptors (Lipinski definition) is 6. The van der Waals surface area contributed by atoms with E-state index in [2.05, 4.69) is 41.0 Å². The molecule has 1 aliphatic heterocycles. The molecule has 2 aromatic heterocycles. The van der Waals surface area contributed by atoms with Crippen molar-refractivity contribution in [3.8, 4) is 17.1 Å². The number of methoxy groups -OCH3 is 1. The van der Waals surface area contributed by atoms with Crippen LogP contribution in [0.4, 0.5) is 5.69 Å². The fourth-order valence-corrected chi connectivity index (χ4v) is 5.38. The van der Waals surface area contributed by atoms with Gasteiger partial charge in [-0.2, -0.15) is 5.10 Å². The van der Waals surface area contributed by atoms with E-state index >= 15 is 0 Å². The molecule has 1 aliphatic carbocycles. The Labute approximate surface area is 194 Å². The van der Waals surface area contributed by atoms with Crippen LogP contribution >= 0.6 is 0 Å². The average Bonchev–Trinajstić information content (AvgIpc) is 3.45. The zero-order valence-corrected chi connectivity index (χ0v) is 20.1. The van der Waals surface area contributed by atoms with Crippen LogP contribution in [0.15, 0.2) is 23.0 Å². The van der Waals surface area contributed by atoms with Crippen molar-refractivity contribution < 1.29 is 4.74 Å². The maximum absolute atomic E-state index is 13.2. The first-order valence-corrected chi connectivity index (χ1v) is 12.0. The molecule has 2 fully saturated rings. The largest absolute Gasteiger partial charge is 0.496 e. The lowest BCUT2D eigenvalue weighted by molar-refractivity contribution is 0.315. The van der Waals surface area contributed by atoms with E-state index in [1.165, 1.54) is 19.3 Å². The molecule has 3 heterocycles. The molecule has 0 bridgehead atoms. The maximum atomic E-state index is 13.2. The van der Waals surface area contributed by atoms with Gasteiger partial charge in [-0.05, 0) is 52.4 Å². The molecule has 1 aromatic carbocycles. The summed E-state index contributed by atoms with van der Waals surface area (Å²) in [4.78, 5) is 25.8. The van der Waals surface area contributed by atoms with Crippen molar-refractivity contribution in [3.05, 3.63) is 34.2 Å². The van der Waals surface area contributed by atoms with Crippen LogP contribution in [-0.4, -0.2) is 65.0 Å². The van der Waals surface area contributed by atoms with Crippen molar-refractivity contribution in [1.82, 2.24) is 24.6 Å². The summed E-state index contributed by atoms with van der Waals surface area (Å²) < 4.78 is 7.66. The first kappa shape index (κ1) is 21.9. The van der Waals surface area contributed by atoms with E-state index in [9.17, 15) is 4.79 Å². The maximum Gasteiger partial charge on any atom is 0.277 e. The normalized spacial score (nSPS) is 19.7. The van der Waals surface area contributed by atoms with Gasteiger partial charge in [0.1, 0.15) is 17.1 Å². The fourth-order valence-electron chi connectivity index (χ4n) is 5.38. The summed E-state index contributed by atoms with van der Waals surface area (Å²) in [5.74, 6) is 1.23. The third-order valence-electron chi connectivity index (χ3n) is 7.34. The number of aromatic amines is 1. The zero-order chi connectivity index (χ0) is 23.1. The van der Waals surface area contributed by atoms with Crippen LogP contribution in [0.3, 0.4) is 0 Å². The number of likely N-dealkylation sites (N-methyl/N-ethyl adjacent to an activating group) is 1. The molecule has 1 saturated heterocycles. The minimum absolute atomic E-state index is 0.138. The Morgan fingerprint density at radius 1 is 1.15 bits per heavy atom. The Morgan fingerprint density at radius 2 is 1.94 bits per heavy atom. The molecule has 33 heavy (non-hydrogen) atoms. The van der Waals surface area contributed by atoms with E-state index < -0.39 is 0 Å². The Morgan fingerprint density at radius 3 is 2.64 bits per heavy atom. The molecule has 2 aliphatic rings. The number of nitrogens with zero attached hydrogens (tertiary/aromatic N) is 5. The molecule has 176 valence electrons. The highest BCUT2D eigenvalue weighted by Gasteiger charge is 2.26. The molecule has 0 amide bonds. The van der Waals surface area contributed by atoms with Gasteiger partial charge in [0.2, 0.25) is 0 Å². The predicted molar refractivity (Wildman–Crippen MR) is 131 cm³/mol. The number of fused-ring (bicyclic) bond motifs is 1. The summed E-state index contributed by atoms with van der Waals surface area (Å²) in [6.45, 7) is 3.95. The summed E-state index contributed by atoms with van der Waals surface area (Å²) in [5.41, 5.74) is 3.84. The summed E-state index contributed by atoms with van der Waals surface area (Å²) in [6.07, 6.45) is 6.91. The molecule has 0 spiro atoms. The van der Waals surface area contributed by atoms with Crippen molar-refractivity contribution in [2.45, 2.75) is 57.5 Å². The molecule has 0 unspecified atom stereocenters. The lowest BCUT2D eigenvalue weighted by Gasteiger charge is -2.23. The van der Waals surface area contributed by atoms with Crippen LogP contribution < -0.4 is 15.2 Å². The first-order valence-electron chi connectivity index (χ1n) is 12.0. The van der Waals surface area contributed by atoms with Crippen LogP contribution in [0.5, 0.6) is 5.75 Å². The van der Waals surface area contributed by atoms with Crippen LogP contribution in [0.25, 0.3) is 22.4 Å². The van der Waals surface area contributed by atoms with Crippen molar-refractivity contribution in [2.24, 2.45) is 0 Å². The van der Waals surface area contributed by atoms with Crippen molar-refractivity contribution >= 4 is 16.7 Å². The number of rotatable bonds is 5. The lowest BCUT2D eigenvalue weighted by Crippen LogP contribution is -2.31. The van der Waals surface area contributed by atoms with Gasteiger partial charge in [-0.15, -0.1) is 0 Å². The van der Waals surface area contributed by atoms with Gasteiger partial charge in [-0.3, -0.25) is 9.48 Å². The highest BCUT2D eigenvalue weighted by molar-refractivity contribution is 5.80. The van der Waals surface area contributed by atoms with E-state index in [1.54, 1.807) is 7.11 Å². The molecule has 5 rings (SSSR count). The smallest absolute Gasteiger partial charge is 0.277 e. The molecule has 8 heteroatoms. The summed E-state index contributed by atoms with van der Waals surface area (Å²) in [5, 5.41) is 4.73. The summed E-state index contributed by atoms with van der Waals surface area (Å²) >= 11 is 0. The number of hydrogen-bond donors (Lipinski definition) is 1. The average molecular weight is 451 g/mol. The minimum Gasteiger partial charge on any atom is -0.496 e. The fraction of sp³-hybridized carbons (Fsp3) is 0.560. The number of benzene rings is 1. The van der Waals surface area contributed by atoms with Gasteiger partial charge < -0.3 is 19.5 Å². The van der Waals surface area contributed by atoms with E-state index in [1.807, 2.05) is 17.7 Å². The van der Waals surface area contributed by atoms with E-state index in [0.29, 0.717) is 28.6 Å². The summed E-state index contributed by atoms with van der Waals surface area (Å²) in [6, 6.07) is 6.99. The number of anilines is 1. The minimum atomic E-state index is -0.138. The van der Waals surface area contributed by atoms with Gasteiger partial charge >= 0.3 is 0 Å². The molecule has 0 radical (unpaired) electrons. The Kier molecular flexibility index (Phi) is 5.86. The monoisotopic (exact) mass is 450 g/mol. The molecule has 8 nitrogen and oxygen atoms in total. The number of nitrogens with one attached hydrogen (secondary N) is 1. The second-order valence-corrected chi connectivity index (χ2v) is 9.67. The van der Waals surface area contributed by atoms with Crippen molar-refractivity contribution in [3.63, 3.8) is 0 Å². The van der Waals surface area contributed by atoms with Gasteiger partial charge in [-0.1, -0.05) is 19.3 Å². The third kappa shape index (κ3) is 4.01. The molecule has 3 aromatic rings.